The van der Waals surface area contributed by atoms with Gasteiger partial charge in [-0.05, 0) is 18.9 Å². The highest BCUT2D eigenvalue weighted by Crippen LogP contribution is 2.13. The molecule has 0 heterocycles. The number of rotatable bonds is 4. The summed E-state index contributed by atoms with van der Waals surface area (Å²) < 4.78 is 0. The second-order valence-electron chi connectivity index (χ2n) is 4.52. The van der Waals surface area contributed by atoms with E-state index in [9.17, 15) is 15.3 Å². The highest BCUT2D eigenvalue weighted by atomic mass is 16.4. The normalized spacial score (nSPS) is 36.1. The Labute approximate surface area is 90.6 Å². The van der Waals surface area contributed by atoms with Gasteiger partial charge in [0.15, 0.2) is 0 Å². The van der Waals surface area contributed by atoms with Crippen molar-refractivity contribution in [2.24, 2.45) is 5.92 Å². The number of nitrogens with one attached hydrogen (secondary N) is 1. The van der Waals surface area contributed by atoms with Crippen molar-refractivity contribution in [2.75, 3.05) is 6.54 Å². The van der Waals surface area contributed by atoms with Crippen LogP contribution in [0, 0.1) is 5.92 Å². The van der Waals surface area contributed by atoms with Crippen LogP contribution in [0.5, 0.6) is 0 Å². The standard InChI is InChI=1S/C11H21NO3/c1-7(2)5-6-12-8-3-4-9(13)11(15)10(8)14/h3-4,7-15H,5-6H2,1-2H3/t8-,9+,10+,11+/m0/s1. The molecule has 0 fully saturated rings. The molecule has 0 bridgehead atoms. The molecule has 1 aliphatic carbocycles. The molecular formula is C11H21NO3. The number of aliphatic hydroxyl groups excluding tert-OH is 3. The third-order valence-electron chi connectivity index (χ3n) is 2.69. The average Bonchev–Trinajstić information content (AvgIpc) is 2.18. The molecule has 4 N–H and O–H groups in total. The highest BCUT2D eigenvalue weighted by molar-refractivity contribution is 5.10. The first-order valence-electron chi connectivity index (χ1n) is 5.48. The predicted molar refractivity (Wildman–Crippen MR) is 58.4 cm³/mol. The van der Waals surface area contributed by atoms with Crippen molar-refractivity contribution in [2.45, 2.75) is 44.6 Å². The van der Waals surface area contributed by atoms with Crippen LogP contribution in [0.1, 0.15) is 20.3 Å². The van der Waals surface area contributed by atoms with E-state index in [1.165, 1.54) is 6.08 Å². The Kier molecular flexibility index (Phi) is 4.73. The Morgan fingerprint density at radius 1 is 1.13 bits per heavy atom. The van der Waals surface area contributed by atoms with E-state index in [-0.39, 0.29) is 6.04 Å². The van der Waals surface area contributed by atoms with Crippen molar-refractivity contribution in [1.82, 2.24) is 5.32 Å². The topological polar surface area (TPSA) is 72.7 Å². The lowest BCUT2D eigenvalue weighted by atomic mass is 9.94. The van der Waals surface area contributed by atoms with E-state index >= 15 is 0 Å². The maximum atomic E-state index is 9.65. The van der Waals surface area contributed by atoms with Crippen LogP contribution in [0.15, 0.2) is 12.2 Å². The van der Waals surface area contributed by atoms with Crippen molar-refractivity contribution in [3.05, 3.63) is 12.2 Å². The molecular weight excluding hydrogens is 194 g/mol. The van der Waals surface area contributed by atoms with Crippen LogP contribution in [0.25, 0.3) is 0 Å². The maximum absolute atomic E-state index is 9.65. The SMILES string of the molecule is CC(C)CCN[C@H]1C=C[C@@H](O)[C@@H](O)[C@@H]1O. The van der Waals surface area contributed by atoms with Gasteiger partial charge in [-0.15, -0.1) is 0 Å². The summed E-state index contributed by atoms with van der Waals surface area (Å²) in [6.45, 7) is 5.06. The summed E-state index contributed by atoms with van der Waals surface area (Å²) in [6.07, 6.45) is 1.27. The Morgan fingerprint density at radius 3 is 2.40 bits per heavy atom. The zero-order chi connectivity index (χ0) is 11.4. The first-order chi connectivity index (χ1) is 7.02. The molecule has 0 aromatic rings. The van der Waals surface area contributed by atoms with Gasteiger partial charge < -0.3 is 20.6 Å². The van der Waals surface area contributed by atoms with Gasteiger partial charge in [-0.1, -0.05) is 26.0 Å². The van der Waals surface area contributed by atoms with Crippen molar-refractivity contribution >= 4 is 0 Å². The average molecular weight is 215 g/mol. The third-order valence-corrected chi connectivity index (χ3v) is 2.69. The van der Waals surface area contributed by atoms with Crippen LogP contribution in [0.2, 0.25) is 0 Å². The summed E-state index contributed by atoms with van der Waals surface area (Å²) in [4.78, 5) is 0. The lowest BCUT2D eigenvalue weighted by Crippen LogP contribution is -2.52. The Bertz CT molecular complexity index is 218. The van der Waals surface area contributed by atoms with Crippen molar-refractivity contribution in [3.8, 4) is 0 Å². The van der Waals surface area contributed by atoms with E-state index in [1.807, 2.05) is 0 Å². The van der Waals surface area contributed by atoms with Gasteiger partial charge >= 0.3 is 0 Å². The first kappa shape index (κ1) is 12.6. The van der Waals surface area contributed by atoms with E-state index in [4.69, 9.17) is 0 Å². The lowest BCUT2D eigenvalue weighted by Gasteiger charge is -2.31. The van der Waals surface area contributed by atoms with Gasteiger partial charge in [0, 0.05) is 0 Å². The van der Waals surface area contributed by atoms with Crippen LogP contribution < -0.4 is 5.32 Å². The van der Waals surface area contributed by atoms with Gasteiger partial charge in [0.25, 0.3) is 0 Å². The summed E-state index contributed by atoms with van der Waals surface area (Å²) in [5.74, 6) is 0.609. The molecule has 0 saturated heterocycles. The highest BCUT2D eigenvalue weighted by Gasteiger charge is 2.32. The van der Waals surface area contributed by atoms with Crippen molar-refractivity contribution in [1.29, 1.82) is 0 Å². The second kappa shape index (κ2) is 5.61. The third kappa shape index (κ3) is 3.57. The van der Waals surface area contributed by atoms with Gasteiger partial charge in [-0.2, -0.15) is 0 Å². The smallest absolute Gasteiger partial charge is 0.111 e. The summed E-state index contributed by atoms with van der Waals surface area (Å²) >= 11 is 0. The van der Waals surface area contributed by atoms with Crippen LogP contribution in [0.3, 0.4) is 0 Å². The van der Waals surface area contributed by atoms with E-state index in [0.717, 1.165) is 13.0 Å². The van der Waals surface area contributed by atoms with E-state index in [1.54, 1.807) is 6.08 Å². The van der Waals surface area contributed by atoms with Crippen LogP contribution in [0.4, 0.5) is 0 Å². The minimum atomic E-state index is -1.09. The summed E-state index contributed by atoms with van der Waals surface area (Å²) in [7, 11) is 0. The molecule has 0 aromatic carbocycles. The predicted octanol–water partition coefficient (Wildman–Crippen LogP) is -0.357. The fourth-order valence-electron chi connectivity index (χ4n) is 1.60. The molecule has 88 valence electrons. The number of hydrogen-bond donors (Lipinski definition) is 4. The maximum Gasteiger partial charge on any atom is 0.111 e. The van der Waals surface area contributed by atoms with Gasteiger partial charge in [0.2, 0.25) is 0 Å². The minimum absolute atomic E-state index is 0.262. The molecule has 0 saturated carbocycles. The van der Waals surface area contributed by atoms with E-state index in [0.29, 0.717) is 5.92 Å². The van der Waals surface area contributed by atoms with Gasteiger partial charge in [0.1, 0.15) is 18.3 Å². The van der Waals surface area contributed by atoms with E-state index in [2.05, 4.69) is 19.2 Å². The molecule has 0 radical (unpaired) electrons. The molecule has 0 unspecified atom stereocenters. The number of hydrogen-bond acceptors (Lipinski definition) is 4. The first-order valence-corrected chi connectivity index (χ1v) is 5.48. The molecule has 1 aliphatic rings. The Balaban J connectivity index is 2.39. The van der Waals surface area contributed by atoms with Crippen LogP contribution in [-0.2, 0) is 0 Å². The molecule has 0 aromatic heterocycles. The second-order valence-corrected chi connectivity index (χ2v) is 4.52. The summed E-state index contributed by atoms with van der Waals surface area (Å²) in [5, 5.41) is 31.5. The van der Waals surface area contributed by atoms with Crippen molar-refractivity contribution in [3.63, 3.8) is 0 Å². The van der Waals surface area contributed by atoms with Gasteiger partial charge in [0.05, 0.1) is 6.04 Å². The molecule has 0 spiro atoms. The van der Waals surface area contributed by atoms with Gasteiger partial charge in [-0.25, -0.2) is 0 Å². The molecule has 4 atom stereocenters. The monoisotopic (exact) mass is 215 g/mol. The van der Waals surface area contributed by atoms with Crippen molar-refractivity contribution < 1.29 is 15.3 Å². The van der Waals surface area contributed by atoms with E-state index < -0.39 is 18.3 Å². The quantitative estimate of drug-likeness (QED) is 0.483. The Morgan fingerprint density at radius 2 is 1.80 bits per heavy atom. The fourth-order valence-corrected chi connectivity index (χ4v) is 1.60. The molecule has 0 aliphatic heterocycles. The van der Waals surface area contributed by atoms with Crippen LogP contribution >= 0.6 is 0 Å². The fraction of sp³-hybridized carbons (Fsp3) is 0.818. The zero-order valence-electron chi connectivity index (χ0n) is 9.30. The molecule has 4 heteroatoms. The molecule has 0 amide bonds. The molecule has 4 nitrogen and oxygen atoms in total. The van der Waals surface area contributed by atoms with Crippen LogP contribution in [-0.4, -0.2) is 46.2 Å². The summed E-state index contributed by atoms with van der Waals surface area (Å²) in [6, 6.07) is -0.262. The largest absolute Gasteiger partial charge is 0.388 e. The zero-order valence-corrected chi connectivity index (χ0v) is 9.30. The minimum Gasteiger partial charge on any atom is -0.388 e. The Hall–Kier alpha value is -0.420. The number of aliphatic hydroxyl groups is 3. The summed E-state index contributed by atoms with van der Waals surface area (Å²) in [5.41, 5.74) is 0. The molecule has 1 rings (SSSR count). The molecule has 15 heavy (non-hydrogen) atoms. The lowest BCUT2D eigenvalue weighted by molar-refractivity contribution is -0.0565. The van der Waals surface area contributed by atoms with Gasteiger partial charge in [-0.3, -0.25) is 0 Å².